The number of halogens is 1. The number of benzene rings is 1. The van der Waals surface area contributed by atoms with Crippen molar-refractivity contribution in [3.05, 3.63) is 63.0 Å². The van der Waals surface area contributed by atoms with E-state index in [2.05, 4.69) is 15.3 Å². The number of rotatable bonds is 4. The lowest BCUT2D eigenvalue weighted by Gasteiger charge is -2.21. The van der Waals surface area contributed by atoms with E-state index in [4.69, 9.17) is 0 Å². The van der Waals surface area contributed by atoms with Gasteiger partial charge in [0.05, 0.1) is 5.69 Å². The Balaban J connectivity index is 1.41. The van der Waals surface area contributed by atoms with Crippen molar-refractivity contribution >= 4 is 28.6 Å². The average Bonchev–Trinajstić information content (AvgIpc) is 3.29. The molecule has 0 saturated carbocycles. The van der Waals surface area contributed by atoms with E-state index in [0.717, 1.165) is 59.3 Å². The van der Waals surface area contributed by atoms with Crippen LogP contribution in [0.25, 0.3) is 10.6 Å². The van der Waals surface area contributed by atoms with Crippen LogP contribution < -0.4 is 0 Å². The van der Waals surface area contributed by atoms with Crippen LogP contribution in [0, 0.1) is 12.7 Å². The molecule has 1 aliphatic heterocycles. The zero-order chi connectivity index (χ0) is 19.5. The first-order valence-corrected chi connectivity index (χ1v) is 11.1. The monoisotopic (exact) mass is 415 g/mol. The lowest BCUT2D eigenvalue weighted by atomic mass is 10.2. The maximum atomic E-state index is 13.1. The predicted octanol–water partition coefficient (Wildman–Crippen LogP) is 4.67. The molecule has 146 valence electrons. The van der Waals surface area contributed by atoms with E-state index in [-0.39, 0.29) is 11.7 Å². The summed E-state index contributed by atoms with van der Waals surface area (Å²) in [5, 5.41) is 5.00. The van der Waals surface area contributed by atoms with Gasteiger partial charge in [0.15, 0.2) is 0 Å². The SMILES string of the molecule is Cc1nc(-c2ccsc2)sc1C(=O)N1CCCN(Cc2ccc(F)cc2)CC1. The summed E-state index contributed by atoms with van der Waals surface area (Å²) in [4.78, 5) is 22.7. The van der Waals surface area contributed by atoms with Crippen molar-refractivity contribution in [1.29, 1.82) is 0 Å². The summed E-state index contributed by atoms with van der Waals surface area (Å²) in [6, 6.07) is 8.70. The molecule has 4 rings (SSSR count). The lowest BCUT2D eigenvalue weighted by molar-refractivity contribution is 0.0765. The first kappa shape index (κ1) is 19.2. The Morgan fingerprint density at radius 3 is 2.71 bits per heavy atom. The highest BCUT2D eigenvalue weighted by molar-refractivity contribution is 7.17. The van der Waals surface area contributed by atoms with Gasteiger partial charge in [-0.25, -0.2) is 9.37 Å². The highest BCUT2D eigenvalue weighted by Crippen LogP contribution is 2.30. The summed E-state index contributed by atoms with van der Waals surface area (Å²) >= 11 is 3.12. The number of thiophene rings is 1. The summed E-state index contributed by atoms with van der Waals surface area (Å²) in [5.74, 6) is -0.127. The molecule has 3 heterocycles. The Hall–Kier alpha value is -2.09. The summed E-state index contributed by atoms with van der Waals surface area (Å²) in [5.41, 5.74) is 2.99. The van der Waals surface area contributed by atoms with Crippen molar-refractivity contribution in [3.63, 3.8) is 0 Å². The number of nitrogens with zero attached hydrogens (tertiary/aromatic N) is 3. The fourth-order valence-corrected chi connectivity index (χ4v) is 5.17. The molecule has 0 spiro atoms. The Bertz CT molecular complexity index is 937. The summed E-state index contributed by atoms with van der Waals surface area (Å²) in [6.45, 7) is 5.90. The molecule has 0 atom stereocenters. The molecule has 0 aliphatic carbocycles. The third-order valence-corrected chi connectivity index (χ3v) is 6.83. The molecule has 1 saturated heterocycles. The molecular weight excluding hydrogens is 393 g/mol. The maximum Gasteiger partial charge on any atom is 0.265 e. The van der Waals surface area contributed by atoms with Gasteiger partial charge >= 0.3 is 0 Å². The molecule has 0 unspecified atom stereocenters. The van der Waals surface area contributed by atoms with Gasteiger partial charge < -0.3 is 4.90 Å². The zero-order valence-electron chi connectivity index (χ0n) is 15.7. The standard InChI is InChI=1S/C21H22FN3OS2/c1-15-19(28-20(23-15)17-7-12-27-14-17)21(26)25-9-2-8-24(10-11-25)13-16-3-5-18(22)6-4-16/h3-7,12,14H,2,8-11,13H2,1H3. The van der Waals surface area contributed by atoms with E-state index >= 15 is 0 Å². The molecule has 1 aliphatic rings. The summed E-state index contributed by atoms with van der Waals surface area (Å²) in [6.07, 6.45) is 0.933. The van der Waals surface area contributed by atoms with Gasteiger partial charge in [-0.3, -0.25) is 9.69 Å². The molecule has 2 aromatic heterocycles. The maximum absolute atomic E-state index is 13.1. The van der Waals surface area contributed by atoms with Crippen LogP contribution in [0.4, 0.5) is 4.39 Å². The molecular formula is C21H22FN3OS2. The quantitative estimate of drug-likeness (QED) is 0.621. The van der Waals surface area contributed by atoms with Crippen molar-refractivity contribution < 1.29 is 9.18 Å². The van der Waals surface area contributed by atoms with E-state index in [1.54, 1.807) is 11.3 Å². The van der Waals surface area contributed by atoms with Crippen LogP contribution in [0.1, 0.15) is 27.3 Å². The van der Waals surface area contributed by atoms with Crippen LogP contribution in [-0.2, 0) is 6.54 Å². The fourth-order valence-electron chi connectivity index (χ4n) is 3.43. The van der Waals surface area contributed by atoms with Crippen molar-refractivity contribution in [1.82, 2.24) is 14.8 Å². The third-order valence-electron chi connectivity index (χ3n) is 4.95. The van der Waals surface area contributed by atoms with Crippen LogP contribution in [0.15, 0.2) is 41.1 Å². The average molecular weight is 416 g/mol. The van der Waals surface area contributed by atoms with Gasteiger partial charge in [0.1, 0.15) is 15.7 Å². The molecule has 1 aromatic carbocycles. The highest BCUT2D eigenvalue weighted by atomic mass is 32.1. The van der Waals surface area contributed by atoms with Crippen molar-refractivity contribution in [2.75, 3.05) is 26.2 Å². The number of aryl methyl sites for hydroxylation is 1. The van der Waals surface area contributed by atoms with Crippen LogP contribution in [-0.4, -0.2) is 46.9 Å². The first-order chi connectivity index (χ1) is 13.6. The largest absolute Gasteiger partial charge is 0.337 e. The van der Waals surface area contributed by atoms with Gasteiger partial charge in [0, 0.05) is 43.7 Å². The number of carbonyl (C=O) groups is 1. The van der Waals surface area contributed by atoms with Gasteiger partial charge in [-0.15, -0.1) is 11.3 Å². The Labute approximate surface area is 172 Å². The second kappa shape index (κ2) is 8.51. The Kier molecular flexibility index (Phi) is 5.85. The Morgan fingerprint density at radius 2 is 1.96 bits per heavy atom. The fraction of sp³-hybridized carbons (Fsp3) is 0.333. The molecule has 28 heavy (non-hydrogen) atoms. The van der Waals surface area contributed by atoms with Crippen molar-refractivity contribution in [2.45, 2.75) is 19.9 Å². The van der Waals surface area contributed by atoms with E-state index in [1.807, 2.05) is 35.4 Å². The Morgan fingerprint density at radius 1 is 1.14 bits per heavy atom. The minimum atomic E-state index is -0.210. The molecule has 1 fully saturated rings. The van der Waals surface area contributed by atoms with Crippen molar-refractivity contribution in [2.24, 2.45) is 0 Å². The van der Waals surface area contributed by atoms with E-state index in [1.165, 1.54) is 23.5 Å². The van der Waals surface area contributed by atoms with E-state index < -0.39 is 0 Å². The number of thiazole rings is 1. The second-order valence-electron chi connectivity index (χ2n) is 6.99. The van der Waals surface area contributed by atoms with Crippen LogP contribution in [0.3, 0.4) is 0 Å². The van der Waals surface area contributed by atoms with Gasteiger partial charge in [0.25, 0.3) is 5.91 Å². The van der Waals surface area contributed by atoms with Crippen LogP contribution >= 0.6 is 22.7 Å². The molecule has 0 N–H and O–H groups in total. The number of hydrogen-bond donors (Lipinski definition) is 0. The van der Waals surface area contributed by atoms with Gasteiger partial charge in [-0.1, -0.05) is 12.1 Å². The number of hydrogen-bond acceptors (Lipinski definition) is 5. The second-order valence-corrected chi connectivity index (χ2v) is 8.77. The molecule has 1 amide bonds. The predicted molar refractivity (Wildman–Crippen MR) is 112 cm³/mol. The zero-order valence-corrected chi connectivity index (χ0v) is 17.4. The summed E-state index contributed by atoms with van der Waals surface area (Å²) < 4.78 is 13.1. The smallest absolute Gasteiger partial charge is 0.265 e. The molecule has 0 radical (unpaired) electrons. The number of aromatic nitrogens is 1. The third kappa shape index (κ3) is 4.32. The van der Waals surface area contributed by atoms with Gasteiger partial charge in [-0.05, 0) is 42.5 Å². The molecule has 4 nitrogen and oxygen atoms in total. The highest BCUT2D eigenvalue weighted by Gasteiger charge is 2.24. The normalized spacial score (nSPS) is 15.6. The lowest BCUT2D eigenvalue weighted by Crippen LogP contribution is -2.35. The van der Waals surface area contributed by atoms with Gasteiger partial charge in [0.2, 0.25) is 0 Å². The van der Waals surface area contributed by atoms with Gasteiger partial charge in [-0.2, -0.15) is 11.3 Å². The van der Waals surface area contributed by atoms with Crippen LogP contribution in [0.5, 0.6) is 0 Å². The van der Waals surface area contributed by atoms with E-state index in [9.17, 15) is 9.18 Å². The summed E-state index contributed by atoms with van der Waals surface area (Å²) in [7, 11) is 0. The number of carbonyl (C=O) groups excluding carboxylic acids is 1. The molecule has 7 heteroatoms. The minimum absolute atomic E-state index is 0.0834. The number of amides is 1. The molecule has 3 aromatic rings. The van der Waals surface area contributed by atoms with Crippen LogP contribution in [0.2, 0.25) is 0 Å². The first-order valence-electron chi connectivity index (χ1n) is 9.36. The van der Waals surface area contributed by atoms with E-state index in [0.29, 0.717) is 6.54 Å². The minimum Gasteiger partial charge on any atom is -0.337 e. The molecule has 0 bridgehead atoms. The van der Waals surface area contributed by atoms with Crippen molar-refractivity contribution in [3.8, 4) is 10.6 Å². The topological polar surface area (TPSA) is 36.4 Å².